The van der Waals surface area contributed by atoms with Crippen LogP contribution in [0, 0.1) is 11.8 Å². The van der Waals surface area contributed by atoms with Crippen molar-refractivity contribution in [3.05, 3.63) is 35.4 Å². The van der Waals surface area contributed by atoms with Gasteiger partial charge in [0.1, 0.15) is 0 Å². The molecule has 2 aliphatic rings. The van der Waals surface area contributed by atoms with Crippen molar-refractivity contribution in [1.82, 2.24) is 10.2 Å². The second kappa shape index (κ2) is 11.6. The van der Waals surface area contributed by atoms with Crippen LogP contribution in [0.1, 0.15) is 55.7 Å². The number of piperidine rings is 1. The lowest BCUT2D eigenvalue weighted by Crippen LogP contribution is -2.42. The number of benzene rings is 1. The summed E-state index contributed by atoms with van der Waals surface area (Å²) in [6.07, 6.45) is 1.18. The molecule has 1 amide bonds. The van der Waals surface area contributed by atoms with E-state index in [4.69, 9.17) is 5.73 Å². The minimum absolute atomic E-state index is 0. The molecule has 1 saturated carbocycles. The fraction of sp³-hybridized carbons (Fsp3) is 0.667. The molecule has 3 N–H and O–H groups in total. The van der Waals surface area contributed by atoms with Gasteiger partial charge in [0.25, 0.3) is 0 Å². The molecule has 9 heteroatoms. The van der Waals surface area contributed by atoms with E-state index in [-0.39, 0.29) is 54.6 Å². The van der Waals surface area contributed by atoms with E-state index in [1.165, 1.54) is 0 Å². The number of alkyl halides is 3. The summed E-state index contributed by atoms with van der Waals surface area (Å²) in [5, 5.41) is 3.05. The molecule has 1 heterocycles. The first-order valence-electron chi connectivity index (χ1n) is 10.2. The number of carbonyl (C=O) groups is 1. The van der Waals surface area contributed by atoms with E-state index in [1.54, 1.807) is 12.1 Å². The molecule has 1 aliphatic carbocycles. The van der Waals surface area contributed by atoms with Crippen LogP contribution < -0.4 is 11.1 Å². The van der Waals surface area contributed by atoms with Crippen molar-refractivity contribution in [2.75, 3.05) is 20.1 Å². The van der Waals surface area contributed by atoms with Gasteiger partial charge in [-0.05, 0) is 68.8 Å². The number of carbonyl (C=O) groups excluding carboxylic acids is 1. The number of halogens is 5. The SMILES string of the molecule is CN1CCCC(CNC(=O)C[C@@H]2CCC[C@H]2N)C1c1ccc(C(F)(F)F)cc1.Cl.Cl. The number of rotatable bonds is 5. The number of likely N-dealkylation sites (tertiary alicyclic amines) is 1. The van der Waals surface area contributed by atoms with Crippen molar-refractivity contribution in [2.24, 2.45) is 17.6 Å². The van der Waals surface area contributed by atoms with Crippen LogP contribution in [0.15, 0.2) is 24.3 Å². The number of amides is 1. The highest BCUT2D eigenvalue weighted by Gasteiger charge is 2.34. The molecule has 0 aromatic heterocycles. The Balaban J connectivity index is 0.00000225. The van der Waals surface area contributed by atoms with E-state index in [1.807, 2.05) is 7.05 Å². The third kappa shape index (κ3) is 6.74. The third-order valence-electron chi connectivity index (χ3n) is 6.31. The summed E-state index contributed by atoms with van der Waals surface area (Å²) >= 11 is 0. The molecule has 4 nitrogen and oxygen atoms in total. The Morgan fingerprint density at radius 1 is 1.10 bits per heavy atom. The van der Waals surface area contributed by atoms with Gasteiger partial charge in [-0.2, -0.15) is 13.2 Å². The van der Waals surface area contributed by atoms with Gasteiger partial charge in [0.05, 0.1) is 5.56 Å². The maximum absolute atomic E-state index is 12.9. The summed E-state index contributed by atoms with van der Waals surface area (Å²) < 4.78 is 38.6. The lowest BCUT2D eigenvalue weighted by atomic mass is 9.84. The molecule has 2 unspecified atom stereocenters. The maximum Gasteiger partial charge on any atom is 0.416 e. The summed E-state index contributed by atoms with van der Waals surface area (Å²) in [5.41, 5.74) is 6.29. The molecular formula is C21H32Cl2F3N3O. The van der Waals surface area contributed by atoms with Crippen molar-refractivity contribution in [1.29, 1.82) is 0 Å². The van der Waals surface area contributed by atoms with Crippen molar-refractivity contribution >= 4 is 30.7 Å². The van der Waals surface area contributed by atoms with Gasteiger partial charge in [0.15, 0.2) is 0 Å². The van der Waals surface area contributed by atoms with Gasteiger partial charge in [-0.3, -0.25) is 9.69 Å². The molecule has 1 aromatic rings. The Morgan fingerprint density at radius 3 is 2.30 bits per heavy atom. The highest BCUT2D eigenvalue weighted by molar-refractivity contribution is 5.85. The fourth-order valence-electron chi connectivity index (χ4n) is 4.74. The van der Waals surface area contributed by atoms with Gasteiger partial charge in [-0.15, -0.1) is 24.8 Å². The number of hydrogen-bond acceptors (Lipinski definition) is 3. The Hall–Kier alpha value is -1.02. The quantitative estimate of drug-likeness (QED) is 0.663. The van der Waals surface area contributed by atoms with Crippen LogP contribution in [0.4, 0.5) is 13.2 Å². The fourth-order valence-corrected chi connectivity index (χ4v) is 4.74. The van der Waals surface area contributed by atoms with Gasteiger partial charge in [0, 0.05) is 25.0 Å². The standard InChI is InChI=1S/C21H30F3N3O.2ClH/c1-27-11-3-5-16(13-26-19(28)12-15-4-2-6-18(15)25)20(27)14-7-9-17(10-8-14)21(22,23)24;;/h7-10,15-16,18,20H,2-6,11-13,25H2,1H3,(H,26,28);2*1H/t15-,16?,18+,20?;;/m0../s1. The van der Waals surface area contributed by atoms with E-state index < -0.39 is 11.7 Å². The zero-order valence-corrected chi connectivity index (χ0v) is 18.8. The number of hydrogen-bond donors (Lipinski definition) is 2. The number of nitrogens with zero attached hydrogens (tertiary/aromatic N) is 1. The summed E-state index contributed by atoms with van der Waals surface area (Å²) in [4.78, 5) is 14.5. The smallest absolute Gasteiger partial charge is 0.356 e. The average Bonchev–Trinajstić information content (AvgIpc) is 3.04. The van der Waals surface area contributed by atoms with E-state index in [0.717, 1.165) is 56.3 Å². The van der Waals surface area contributed by atoms with Crippen LogP contribution in [0.5, 0.6) is 0 Å². The molecule has 0 radical (unpaired) electrons. The molecule has 3 rings (SSSR count). The Bertz CT molecular complexity index is 672. The first-order chi connectivity index (χ1) is 13.3. The summed E-state index contributed by atoms with van der Waals surface area (Å²) in [6, 6.07) is 5.56. The second-order valence-electron chi connectivity index (χ2n) is 8.31. The molecule has 2 fully saturated rings. The molecule has 1 aliphatic heterocycles. The van der Waals surface area contributed by atoms with E-state index in [2.05, 4.69) is 10.2 Å². The Kier molecular flexibility index (Phi) is 10.4. The van der Waals surface area contributed by atoms with Gasteiger partial charge in [0.2, 0.25) is 5.91 Å². The average molecular weight is 470 g/mol. The first-order valence-corrected chi connectivity index (χ1v) is 10.2. The second-order valence-corrected chi connectivity index (χ2v) is 8.31. The molecule has 4 atom stereocenters. The third-order valence-corrected chi connectivity index (χ3v) is 6.31. The van der Waals surface area contributed by atoms with Crippen molar-refractivity contribution in [2.45, 2.75) is 56.8 Å². The molecule has 0 spiro atoms. The normalized spacial score (nSPS) is 27.1. The van der Waals surface area contributed by atoms with Crippen molar-refractivity contribution < 1.29 is 18.0 Å². The minimum atomic E-state index is -4.33. The van der Waals surface area contributed by atoms with Gasteiger partial charge in [-0.25, -0.2) is 0 Å². The molecule has 172 valence electrons. The molecular weight excluding hydrogens is 438 g/mol. The zero-order chi connectivity index (χ0) is 20.3. The Labute approximate surface area is 189 Å². The van der Waals surface area contributed by atoms with E-state index >= 15 is 0 Å². The zero-order valence-electron chi connectivity index (χ0n) is 17.2. The number of nitrogens with two attached hydrogens (primary N) is 1. The molecule has 30 heavy (non-hydrogen) atoms. The highest BCUT2D eigenvalue weighted by Crippen LogP contribution is 2.36. The molecule has 0 bridgehead atoms. The van der Waals surface area contributed by atoms with Gasteiger partial charge >= 0.3 is 6.18 Å². The lowest BCUT2D eigenvalue weighted by Gasteiger charge is -2.40. The minimum Gasteiger partial charge on any atom is -0.356 e. The highest BCUT2D eigenvalue weighted by atomic mass is 35.5. The van der Waals surface area contributed by atoms with E-state index in [9.17, 15) is 18.0 Å². The largest absolute Gasteiger partial charge is 0.416 e. The van der Waals surface area contributed by atoms with Crippen LogP contribution in [0.2, 0.25) is 0 Å². The van der Waals surface area contributed by atoms with Crippen LogP contribution in [0.25, 0.3) is 0 Å². The number of nitrogens with one attached hydrogen (secondary N) is 1. The molecule has 1 saturated heterocycles. The summed E-state index contributed by atoms with van der Waals surface area (Å²) in [7, 11) is 1.99. The van der Waals surface area contributed by atoms with Crippen LogP contribution in [-0.2, 0) is 11.0 Å². The van der Waals surface area contributed by atoms with Crippen molar-refractivity contribution in [3.63, 3.8) is 0 Å². The Morgan fingerprint density at radius 2 is 1.73 bits per heavy atom. The predicted molar refractivity (Wildman–Crippen MR) is 117 cm³/mol. The lowest BCUT2D eigenvalue weighted by molar-refractivity contribution is -0.137. The van der Waals surface area contributed by atoms with Gasteiger partial charge < -0.3 is 11.1 Å². The predicted octanol–water partition coefficient (Wildman–Crippen LogP) is 4.57. The van der Waals surface area contributed by atoms with Crippen LogP contribution in [-0.4, -0.2) is 37.0 Å². The van der Waals surface area contributed by atoms with Crippen LogP contribution in [0.3, 0.4) is 0 Å². The monoisotopic (exact) mass is 469 g/mol. The van der Waals surface area contributed by atoms with E-state index in [0.29, 0.717) is 13.0 Å². The summed E-state index contributed by atoms with van der Waals surface area (Å²) in [5.74, 6) is 0.471. The maximum atomic E-state index is 12.9. The summed E-state index contributed by atoms with van der Waals surface area (Å²) in [6.45, 7) is 1.43. The molecule has 1 aromatic carbocycles. The van der Waals surface area contributed by atoms with Gasteiger partial charge in [-0.1, -0.05) is 18.6 Å². The topological polar surface area (TPSA) is 58.4 Å². The first kappa shape index (κ1) is 27.0. The van der Waals surface area contributed by atoms with Crippen LogP contribution >= 0.6 is 24.8 Å². The van der Waals surface area contributed by atoms with Crippen molar-refractivity contribution in [3.8, 4) is 0 Å².